The third-order valence-electron chi connectivity index (χ3n) is 0.749. The maximum absolute atomic E-state index is 9.22. The zero-order valence-electron chi connectivity index (χ0n) is 6.69. The van der Waals surface area contributed by atoms with Crippen molar-refractivity contribution in [3.05, 3.63) is 35.8 Å². The summed E-state index contributed by atoms with van der Waals surface area (Å²) in [5.41, 5.74) is 0.574. The van der Waals surface area contributed by atoms with E-state index in [1.54, 1.807) is 26.2 Å². The molecular formula is C8H11N2O-. The molecule has 0 aliphatic rings. The van der Waals surface area contributed by atoms with E-state index in [0.717, 1.165) is 0 Å². The molecule has 0 aliphatic heterocycles. The number of nitrogens with zero attached hydrogens (tertiary/aromatic N) is 2. The minimum Gasteiger partial charge on any atom is -0.792 e. The zero-order valence-corrected chi connectivity index (χ0v) is 6.69. The van der Waals surface area contributed by atoms with Gasteiger partial charge in [0.15, 0.2) is 0 Å². The van der Waals surface area contributed by atoms with Crippen molar-refractivity contribution in [2.24, 2.45) is 5.16 Å². The predicted octanol–water partition coefficient (Wildman–Crippen LogP) is 2.05. The predicted molar refractivity (Wildman–Crippen MR) is 46.4 cm³/mol. The molecule has 3 heteroatoms. The summed E-state index contributed by atoms with van der Waals surface area (Å²) in [6, 6.07) is 5.72. The van der Waals surface area contributed by atoms with E-state index in [-0.39, 0.29) is 0 Å². The van der Waals surface area contributed by atoms with Gasteiger partial charge in [-0.1, -0.05) is 6.07 Å². The molecule has 0 fully saturated rings. The van der Waals surface area contributed by atoms with Gasteiger partial charge in [-0.05, 0) is 26.0 Å². The second-order valence-corrected chi connectivity index (χ2v) is 2.06. The van der Waals surface area contributed by atoms with Gasteiger partial charge in [-0.25, -0.2) is 0 Å². The highest BCUT2D eigenvalue weighted by atomic mass is 16.4. The van der Waals surface area contributed by atoms with Crippen LogP contribution in [0.4, 0.5) is 0 Å². The molecule has 1 aromatic heterocycles. The smallest absolute Gasteiger partial charge is 0.0267 e. The molecule has 0 bridgehead atoms. The number of aromatic nitrogens is 1. The van der Waals surface area contributed by atoms with Crippen LogP contribution in [0.2, 0.25) is 0 Å². The molecule has 1 rings (SSSR count). The van der Waals surface area contributed by atoms with Crippen molar-refractivity contribution < 1.29 is 0 Å². The summed E-state index contributed by atoms with van der Waals surface area (Å²) in [5.74, 6) is 0. The number of pyridine rings is 1. The van der Waals surface area contributed by atoms with Gasteiger partial charge in [-0.3, -0.25) is 4.98 Å². The zero-order chi connectivity index (χ0) is 8.53. The van der Waals surface area contributed by atoms with Crippen molar-refractivity contribution in [2.45, 2.75) is 13.8 Å². The second-order valence-electron chi connectivity index (χ2n) is 2.06. The summed E-state index contributed by atoms with van der Waals surface area (Å²) in [6.07, 6.45) is 3.50. The first-order chi connectivity index (χ1) is 5.27. The average Bonchev–Trinajstić information content (AvgIpc) is 2.09. The van der Waals surface area contributed by atoms with Crippen molar-refractivity contribution >= 4 is 5.71 Å². The van der Waals surface area contributed by atoms with E-state index in [0.29, 0.717) is 5.71 Å². The van der Waals surface area contributed by atoms with Crippen LogP contribution in [0.1, 0.15) is 13.8 Å². The van der Waals surface area contributed by atoms with Gasteiger partial charge >= 0.3 is 0 Å². The number of rotatable bonds is 0. The molecule has 60 valence electrons. The molecule has 0 spiro atoms. The van der Waals surface area contributed by atoms with Crippen LogP contribution in [0.15, 0.2) is 35.7 Å². The first kappa shape index (κ1) is 9.62. The minimum atomic E-state index is 0.574. The lowest BCUT2D eigenvalue weighted by Gasteiger charge is -1.88. The fourth-order valence-electron chi connectivity index (χ4n) is 0.313. The molecule has 0 atom stereocenters. The van der Waals surface area contributed by atoms with Crippen molar-refractivity contribution in [2.75, 3.05) is 0 Å². The Balaban J connectivity index is 0.000000187. The molecule has 1 heterocycles. The fourth-order valence-corrected chi connectivity index (χ4v) is 0.313. The van der Waals surface area contributed by atoms with Gasteiger partial charge in [0.1, 0.15) is 0 Å². The molecule has 0 saturated carbocycles. The Labute approximate surface area is 66.4 Å². The number of hydrogen-bond acceptors (Lipinski definition) is 3. The lowest BCUT2D eigenvalue weighted by atomic mass is 10.5. The topological polar surface area (TPSA) is 48.3 Å². The van der Waals surface area contributed by atoms with E-state index in [1.807, 2.05) is 18.2 Å². The van der Waals surface area contributed by atoms with E-state index in [9.17, 15) is 5.21 Å². The van der Waals surface area contributed by atoms with Crippen LogP contribution in [0.3, 0.4) is 0 Å². The van der Waals surface area contributed by atoms with Gasteiger partial charge in [0.25, 0.3) is 0 Å². The maximum Gasteiger partial charge on any atom is 0.0267 e. The van der Waals surface area contributed by atoms with E-state index < -0.39 is 0 Å². The van der Waals surface area contributed by atoms with E-state index in [2.05, 4.69) is 10.1 Å². The Hall–Kier alpha value is -1.38. The highest BCUT2D eigenvalue weighted by Crippen LogP contribution is 1.73. The lowest BCUT2D eigenvalue weighted by molar-refractivity contribution is 1.33. The molecule has 1 aromatic rings. The molecule has 11 heavy (non-hydrogen) atoms. The Morgan fingerprint density at radius 2 is 1.64 bits per heavy atom. The standard InChI is InChI=1S/C5H5N.C3H7NO/c1-2-4-6-5-3-1;1-3(2)4-5/h1-5H;5H,1-2H3/p-1. The Morgan fingerprint density at radius 1 is 1.18 bits per heavy atom. The molecule has 3 nitrogen and oxygen atoms in total. The van der Waals surface area contributed by atoms with Gasteiger partial charge in [-0.2, -0.15) is 0 Å². The van der Waals surface area contributed by atoms with E-state index >= 15 is 0 Å². The average molecular weight is 151 g/mol. The van der Waals surface area contributed by atoms with Crippen LogP contribution in [-0.4, -0.2) is 10.7 Å². The van der Waals surface area contributed by atoms with Gasteiger partial charge in [-0.15, -0.1) is 0 Å². The van der Waals surface area contributed by atoms with Gasteiger partial charge in [0.05, 0.1) is 0 Å². The van der Waals surface area contributed by atoms with Gasteiger partial charge in [0.2, 0.25) is 0 Å². The SMILES string of the molecule is CC(C)=N[O-].c1ccncc1. The second kappa shape index (κ2) is 6.74. The lowest BCUT2D eigenvalue weighted by Crippen LogP contribution is -1.72. The minimum absolute atomic E-state index is 0.574. The van der Waals surface area contributed by atoms with Crippen LogP contribution < -0.4 is 0 Å². The van der Waals surface area contributed by atoms with Crippen LogP contribution >= 0.6 is 0 Å². The summed E-state index contributed by atoms with van der Waals surface area (Å²) in [7, 11) is 0. The monoisotopic (exact) mass is 151 g/mol. The van der Waals surface area contributed by atoms with Crippen LogP contribution in [0.5, 0.6) is 0 Å². The Kier molecular flexibility index (Phi) is 5.89. The fraction of sp³-hybridized carbons (Fsp3) is 0.250. The summed E-state index contributed by atoms with van der Waals surface area (Å²) < 4.78 is 0. The molecule has 0 aliphatic carbocycles. The third kappa shape index (κ3) is 8.62. The van der Waals surface area contributed by atoms with Crippen LogP contribution in [0.25, 0.3) is 0 Å². The first-order valence-electron chi connectivity index (χ1n) is 3.26. The highest BCUT2D eigenvalue weighted by Gasteiger charge is 1.59. The molecule has 0 unspecified atom stereocenters. The van der Waals surface area contributed by atoms with Crippen molar-refractivity contribution in [1.29, 1.82) is 0 Å². The van der Waals surface area contributed by atoms with Crippen LogP contribution in [0, 0.1) is 5.21 Å². The highest BCUT2D eigenvalue weighted by molar-refractivity contribution is 5.79. The first-order valence-corrected chi connectivity index (χ1v) is 3.26. The normalized spacial score (nSPS) is 7.45. The van der Waals surface area contributed by atoms with E-state index in [4.69, 9.17) is 0 Å². The largest absolute Gasteiger partial charge is 0.792 e. The van der Waals surface area contributed by atoms with Crippen LogP contribution in [-0.2, 0) is 0 Å². The Bertz CT molecular complexity index is 166. The van der Waals surface area contributed by atoms with Crippen molar-refractivity contribution in [3.63, 3.8) is 0 Å². The number of hydrogen-bond donors (Lipinski definition) is 0. The molecule has 0 saturated heterocycles. The quantitative estimate of drug-likeness (QED) is 0.421. The van der Waals surface area contributed by atoms with Crippen molar-refractivity contribution in [1.82, 2.24) is 4.98 Å². The van der Waals surface area contributed by atoms with Crippen molar-refractivity contribution in [3.8, 4) is 0 Å². The maximum atomic E-state index is 9.22. The molecule has 0 amide bonds. The molecule has 0 radical (unpaired) electrons. The summed E-state index contributed by atoms with van der Waals surface area (Å²) in [4.78, 5) is 3.78. The molecule has 0 N–H and O–H groups in total. The van der Waals surface area contributed by atoms with Gasteiger partial charge < -0.3 is 10.4 Å². The summed E-state index contributed by atoms with van der Waals surface area (Å²) >= 11 is 0. The Morgan fingerprint density at radius 3 is 1.73 bits per heavy atom. The third-order valence-corrected chi connectivity index (χ3v) is 0.749. The molecular weight excluding hydrogens is 140 g/mol. The van der Waals surface area contributed by atoms with Gasteiger partial charge in [0, 0.05) is 18.1 Å². The van der Waals surface area contributed by atoms with E-state index in [1.165, 1.54) is 0 Å². The molecule has 0 aromatic carbocycles. The summed E-state index contributed by atoms with van der Waals surface area (Å²) in [6.45, 7) is 3.32. The summed E-state index contributed by atoms with van der Waals surface area (Å²) in [5, 5.41) is 11.8.